The minimum Gasteiger partial charge on any atom is -0.478 e. The Morgan fingerprint density at radius 3 is 2.91 bits per heavy atom. The smallest absolute Gasteiger partial charge is 0.331 e. The number of rotatable bonds is 2. The zero-order chi connectivity index (χ0) is 8.27. The summed E-state index contributed by atoms with van der Waals surface area (Å²) >= 11 is 0. The molecule has 0 fully saturated rings. The van der Waals surface area contributed by atoms with E-state index in [4.69, 9.17) is 5.11 Å². The molecule has 60 valence electrons. The van der Waals surface area contributed by atoms with E-state index in [-0.39, 0.29) is 11.5 Å². The van der Waals surface area contributed by atoms with Crippen LogP contribution < -0.4 is 5.32 Å². The topological polar surface area (TPSA) is 49.3 Å². The standard InChI is InChI=1S/C8H11NO2/c1-6(8(10)11)7-2-4-9-5-3-7/h2,4,7,9H,1,3,5H2,(H,10,11). The lowest BCUT2D eigenvalue weighted by Gasteiger charge is -2.16. The van der Waals surface area contributed by atoms with E-state index in [1.165, 1.54) is 0 Å². The first-order chi connectivity index (χ1) is 5.22. The van der Waals surface area contributed by atoms with E-state index in [2.05, 4.69) is 11.9 Å². The molecule has 0 aromatic heterocycles. The van der Waals surface area contributed by atoms with Gasteiger partial charge in [0, 0.05) is 18.0 Å². The van der Waals surface area contributed by atoms with Gasteiger partial charge in [0.1, 0.15) is 0 Å². The van der Waals surface area contributed by atoms with Gasteiger partial charge in [-0.25, -0.2) is 4.79 Å². The number of hydrogen-bond donors (Lipinski definition) is 2. The fraction of sp³-hybridized carbons (Fsp3) is 0.375. The number of allylic oxidation sites excluding steroid dienone is 1. The summed E-state index contributed by atoms with van der Waals surface area (Å²) in [5.74, 6) is -0.893. The lowest BCUT2D eigenvalue weighted by Crippen LogP contribution is -2.20. The van der Waals surface area contributed by atoms with Crippen molar-refractivity contribution < 1.29 is 9.90 Å². The molecular formula is C8H11NO2. The molecule has 11 heavy (non-hydrogen) atoms. The molecule has 0 bridgehead atoms. The summed E-state index contributed by atoms with van der Waals surface area (Å²) < 4.78 is 0. The van der Waals surface area contributed by atoms with E-state index < -0.39 is 5.97 Å². The largest absolute Gasteiger partial charge is 0.478 e. The SMILES string of the molecule is C=C(C(=O)O)C1C=CNCC1. The first kappa shape index (κ1) is 7.85. The zero-order valence-electron chi connectivity index (χ0n) is 6.21. The van der Waals surface area contributed by atoms with Gasteiger partial charge in [0.2, 0.25) is 0 Å². The Kier molecular flexibility index (Phi) is 2.31. The van der Waals surface area contributed by atoms with Gasteiger partial charge < -0.3 is 10.4 Å². The number of carbonyl (C=O) groups is 1. The van der Waals surface area contributed by atoms with Crippen molar-refractivity contribution in [2.45, 2.75) is 6.42 Å². The summed E-state index contributed by atoms with van der Waals surface area (Å²) in [5.41, 5.74) is 0.280. The van der Waals surface area contributed by atoms with Crippen molar-refractivity contribution >= 4 is 5.97 Å². The lowest BCUT2D eigenvalue weighted by molar-refractivity contribution is -0.133. The number of carboxylic acids is 1. The fourth-order valence-corrected chi connectivity index (χ4v) is 1.05. The molecule has 1 unspecified atom stereocenters. The molecule has 0 spiro atoms. The molecule has 1 atom stereocenters. The highest BCUT2D eigenvalue weighted by molar-refractivity contribution is 5.86. The third kappa shape index (κ3) is 1.83. The van der Waals surface area contributed by atoms with Crippen LogP contribution in [0.2, 0.25) is 0 Å². The Morgan fingerprint density at radius 1 is 1.73 bits per heavy atom. The van der Waals surface area contributed by atoms with Gasteiger partial charge in [-0.15, -0.1) is 0 Å². The van der Waals surface area contributed by atoms with Gasteiger partial charge in [0.15, 0.2) is 0 Å². The molecule has 1 rings (SSSR count). The maximum absolute atomic E-state index is 10.4. The predicted octanol–water partition coefficient (Wildman–Crippen LogP) is 0.750. The Morgan fingerprint density at radius 2 is 2.45 bits per heavy atom. The van der Waals surface area contributed by atoms with Crippen molar-refractivity contribution in [2.75, 3.05) is 6.54 Å². The van der Waals surface area contributed by atoms with Crippen LogP contribution in [0.5, 0.6) is 0 Å². The molecule has 0 radical (unpaired) electrons. The van der Waals surface area contributed by atoms with E-state index in [9.17, 15) is 4.79 Å². The molecule has 3 heteroatoms. The minimum absolute atomic E-state index is 0.00810. The highest BCUT2D eigenvalue weighted by Crippen LogP contribution is 2.16. The van der Waals surface area contributed by atoms with Gasteiger partial charge in [-0.3, -0.25) is 0 Å². The zero-order valence-corrected chi connectivity index (χ0v) is 6.21. The second kappa shape index (κ2) is 3.23. The molecule has 3 nitrogen and oxygen atoms in total. The van der Waals surface area contributed by atoms with E-state index >= 15 is 0 Å². The second-order valence-electron chi connectivity index (χ2n) is 2.54. The third-order valence-electron chi connectivity index (χ3n) is 1.77. The summed E-state index contributed by atoms with van der Waals surface area (Å²) in [6, 6.07) is 0. The summed E-state index contributed by atoms with van der Waals surface area (Å²) in [6.45, 7) is 4.33. The van der Waals surface area contributed by atoms with Crippen molar-refractivity contribution in [3.05, 3.63) is 24.4 Å². The van der Waals surface area contributed by atoms with Gasteiger partial charge in [-0.05, 0) is 12.6 Å². The Hall–Kier alpha value is -1.25. The van der Waals surface area contributed by atoms with Crippen molar-refractivity contribution in [3.63, 3.8) is 0 Å². The molecule has 0 aromatic carbocycles. The Bertz CT molecular complexity index is 208. The monoisotopic (exact) mass is 153 g/mol. The molecule has 2 N–H and O–H groups in total. The van der Waals surface area contributed by atoms with Crippen LogP contribution in [0.3, 0.4) is 0 Å². The summed E-state index contributed by atoms with van der Waals surface area (Å²) in [5, 5.41) is 11.6. The third-order valence-corrected chi connectivity index (χ3v) is 1.77. The summed E-state index contributed by atoms with van der Waals surface area (Å²) in [6.07, 6.45) is 4.43. The number of carboxylic acid groups (broad SMARTS) is 1. The van der Waals surface area contributed by atoms with Crippen molar-refractivity contribution in [1.82, 2.24) is 5.32 Å². The van der Waals surface area contributed by atoms with Crippen LogP contribution in [-0.2, 0) is 4.79 Å². The predicted molar refractivity (Wildman–Crippen MR) is 42.0 cm³/mol. The first-order valence-corrected chi connectivity index (χ1v) is 3.54. The van der Waals surface area contributed by atoms with Crippen LogP contribution in [0.15, 0.2) is 24.4 Å². The molecule has 1 heterocycles. The molecule has 1 aliphatic rings. The summed E-state index contributed by atoms with van der Waals surface area (Å²) in [7, 11) is 0. The molecule has 0 saturated carbocycles. The van der Waals surface area contributed by atoms with Crippen molar-refractivity contribution in [2.24, 2.45) is 5.92 Å². The molecular weight excluding hydrogens is 142 g/mol. The fourth-order valence-electron chi connectivity index (χ4n) is 1.05. The average Bonchev–Trinajstić information content (AvgIpc) is 2.05. The van der Waals surface area contributed by atoms with Crippen molar-refractivity contribution in [1.29, 1.82) is 0 Å². The normalized spacial score (nSPS) is 22.4. The van der Waals surface area contributed by atoms with E-state index in [1.807, 2.05) is 6.08 Å². The minimum atomic E-state index is -0.901. The van der Waals surface area contributed by atoms with Crippen LogP contribution in [0.25, 0.3) is 0 Å². The van der Waals surface area contributed by atoms with Gasteiger partial charge in [-0.2, -0.15) is 0 Å². The van der Waals surface area contributed by atoms with Gasteiger partial charge in [0.25, 0.3) is 0 Å². The molecule has 0 saturated heterocycles. The van der Waals surface area contributed by atoms with Crippen LogP contribution >= 0.6 is 0 Å². The highest BCUT2D eigenvalue weighted by atomic mass is 16.4. The van der Waals surface area contributed by atoms with E-state index in [0.29, 0.717) is 0 Å². The van der Waals surface area contributed by atoms with Crippen molar-refractivity contribution in [3.8, 4) is 0 Å². The van der Waals surface area contributed by atoms with Gasteiger partial charge in [-0.1, -0.05) is 12.7 Å². The Labute approximate surface area is 65.4 Å². The van der Waals surface area contributed by atoms with Crippen LogP contribution in [0, 0.1) is 5.92 Å². The van der Waals surface area contributed by atoms with Crippen LogP contribution in [0.1, 0.15) is 6.42 Å². The first-order valence-electron chi connectivity index (χ1n) is 3.54. The quantitative estimate of drug-likeness (QED) is 0.575. The maximum Gasteiger partial charge on any atom is 0.331 e. The second-order valence-corrected chi connectivity index (χ2v) is 2.54. The lowest BCUT2D eigenvalue weighted by atomic mass is 9.95. The Balaban J connectivity index is 2.59. The highest BCUT2D eigenvalue weighted by Gasteiger charge is 2.16. The molecule has 1 aliphatic heterocycles. The number of nitrogens with one attached hydrogen (secondary N) is 1. The average molecular weight is 153 g/mol. The van der Waals surface area contributed by atoms with Crippen LogP contribution in [-0.4, -0.2) is 17.6 Å². The molecule has 0 aliphatic carbocycles. The molecule has 0 aromatic rings. The van der Waals surface area contributed by atoms with Crippen LogP contribution in [0.4, 0.5) is 0 Å². The van der Waals surface area contributed by atoms with E-state index in [0.717, 1.165) is 13.0 Å². The molecule has 0 amide bonds. The van der Waals surface area contributed by atoms with E-state index in [1.54, 1.807) is 6.20 Å². The van der Waals surface area contributed by atoms with Gasteiger partial charge in [0.05, 0.1) is 0 Å². The number of hydrogen-bond acceptors (Lipinski definition) is 2. The maximum atomic E-state index is 10.4. The number of aliphatic carboxylic acids is 1. The van der Waals surface area contributed by atoms with Gasteiger partial charge >= 0.3 is 5.97 Å². The summed E-state index contributed by atoms with van der Waals surface area (Å²) in [4.78, 5) is 10.4.